The standard InChI is InChI=1S/C10H14O2/c1-7-5-10(12-4)8(2)6-9(7)11-3/h5-6H,1-4H3/q+1. The molecule has 0 aromatic rings. The third-order valence-corrected chi connectivity index (χ3v) is 1.91. The van der Waals surface area contributed by atoms with Gasteiger partial charge in [0.15, 0.2) is 0 Å². The van der Waals surface area contributed by atoms with E-state index in [2.05, 4.69) is 0 Å². The largest absolute Gasteiger partial charge is 0.366 e. The molecule has 1 radical (unpaired) electrons. The van der Waals surface area contributed by atoms with E-state index in [9.17, 15) is 0 Å². The number of hydrogen-bond acceptors (Lipinski definition) is 1. The van der Waals surface area contributed by atoms with Crippen LogP contribution in [0.3, 0.4) is 0 Å². The van der Waals surface area contributed by atoms with Crippen LogP contribution in [0.15, 0.2) is 23.3 Å². The third-order valence-electron chi connectivity index (χ3n) is 1.91. The summed E-state index contributed by atoms with van der Waals surface area (Å²) >= 11 is 0. The fourth-order valence-corrected chi connectivity index (χ4v) is 1.20. The molecule has 0 aromatic carbocycles. The van der Waals surface area contributed by atoms with Gasteiger partial charge in [0.2, 0.25) is 0 Å². The summed E-state index contributed by atoms with van der Waals surface area (Å²) in [5.41, 5.74) is 2.19. The summed E-state index contributed by atoms with van der Waals surface area (Å²) in [6.07, 6.45) is 4.87. The van der Waals surface area contributed by atoms with Gasteiger partial charge in [-0.2, -0.15) is 0 Å². The Morgan fingerprint density at radius 3 is 2.33 bits per heavy atom. The lowest BCUT2D eigenvalue weighted by atomic mass is 9.98. The number of carbonyl (C=O) groups excluding carboxylic acids is 1. The molecule has 0 fully saturated rings. The molecule has 0 aliphatic heterocycles. The maximum Gasteiger partial charge on any atom is 0.345 e. The van der Waals surface area contributed by atoms with Crippen molar-refractivity contribution in [2.24, 2.45) is 0 Å². The van der Waals surface area contributed by atoms with E-state index in [1.165, 1.54) is 0 Å². The van der Waals surface area contributed by atoms with Gasteiger partial charge in [-0.1, -0.05) is 0 Å². The van der Waals surface area contributed by atoms with Gasteiger partial charge in [0.1, 0.15) is 6.10 Å². The molecule has 2 heteroatoms. The molecule has 0 unspecified atom stereocenters. The number of rotatable bonds is 1. The van der Waals surface area contributed by atoms with Crippen molar-refractivity contribution in [2.45, 2.75) is 13.8 Å². The average Bonchev–Trinajstić information content (AvgIpc) is 2.08. The van der Waals surface area contributed by atoms with Gasteiger partial charge in [-0.3, -0.25) is 4.42 Å². The van der Waals surface area contributed by atoms with Gasteiger partial charge < -0.3 is 4.74 Å². The lowest BCUT2D eigenvalue weighted by Gasteiger charge is -2.13. The summed E-state index contributed by atoms with van der Waals surface area (Å²) in [6.45, 7) is 4.00. The van der Waals surface area contributed by atoms with Gasteiger partial charge in [0.05, 0.1) is 5.57 Å². The summed E-state index contributed by atoms with van der Waals surface area (Å²) in [7, 11) is 3.35. The zero-order chi connectivity index (χ0) is 9.14. The molecule has 2 nitrogen and oxygen atoms in total. The summed E-state index contributed by atoms with van der Waals surface area (Å²) in [6, 6.07) is 0. The summed E-state index contributed by atoms with van der Waals surface area (Å²) in [5.74, 6) is 0.910. The molecule has 0 bridgehead atoms. The molecule has 1 aliphatic carbocycles. The molecular formula is C10H14O2+. The van der Waals surface area contributed by atoms with E-state index in [-0.39, 0.29) is 0 Å². The maximum atomic E-state index is 5.17. The quantitative estimate of drug-likeness (QED) is 0.544. The molecule has 1 aliphatic rings. The molecule has 0 N–H and O–H groups in total. The van der Waals surface area contributed by atoms with Crippen molar-refractivity contribution in [1.82, 2.24) is 0 Å². The minimum atomic E-state index is 0.910. The normalized spacial score (nSPS) is 22.5. The lowest BCUT2D eigenvalue weighted by molar-refractivity contribution is -0.418. The van der Waals surface area contributed by atoms with E-state index in [0.717, 1.165) is 23.0 Å². The van der Waals surface area contributed by atoms with E-state index in [4.69, 9.17) is 9.16 Å². The fourth-order valence-electron chi connectivity index (χ4n) is 1.20. The Hall–Kier alpha value is -0.890. The van der Waals surface area contributed by atoms with Crippen LogP contribution in [-0.4, -0.2) is 20.0 Å². The second-order valence-electron chi connectivity index (χ2n) is 2.79. The first-order valence-electron chi connectivity index (χ1n) is 3.88. The number of methoxy groups -OCH3 is 1. The van der Waals surface area contributed by atoms with Gasteiger partial charge in [0, 0.05) is 13.2 Å². The predicted molar refractivity (Wildman–Crippen MR) is 48.7 cm³/mol. The second kappa shape index (κ2) is 3.68. The summed E-state index contributed by atoms with van der Waals surface area (Å²) < 4.78 is 10.3. The summed E-state index contributed by atoms with van der Waals surface area (Å²) in [4.78, 5) is 0. The van der Waals surface area contributed by atoms with E-state index in [1.54, 1.807) is 14.2 Å². The zero-order valence-corrected chi connectivity index (χ0v) is 7.97. The number of hydrogen-bond donors (Lipinski definition) is 0. The van der Waals surface area contributed by atoms with Crippen LogP contribution in [-0.2, 0) is 9.16 Å². The average molecular weight is 166 g/mol. The van der Waals surface area contributed by atoms with E-state index in [0.29, 0.717) is 0 Å². The highest BCUT2D eigenvalue weighted by molar-refractivity contribution is 6.06. The van der Waals surface area contributed by atoms with Crippen molar-refractivity contribution >= 4 is 5.78 Å². The van der Waals surface area contributed by atoms with Crippen LogP contribution in [0.25, 0.3) is 0 Å². The Balaban J connectivity index is 2.94. The first kappa shape index (κ1) is 9.20. The highest BCUT2D eigenvalue weighted by Crippen LogP contribution is 2.22. The minimum absolute atomic E-state index is 0.910. The molecule has 12 heavy (non-hydrogen) atoms. The summed E-state index contributed by atoms with van der Waals surface area (Å²) in [5, 5.41) is 0. The van der Waals surface area contributed by atoms with E-state index >= 15 is 0 Å². The topological polar surface area (TPSA) is 20.5 Å². The van der Waals surface area contributed by atoms with Crippen molar-refractivity contribution in [1.29, 1.82) is 0 Å². The van der Waals surface area contributed by atoms with E-state index in [1.807, 2.05) is 26.0 Å². The molecule has 0 heterocycles. The monoisotopic (exact) mass is 166 g/mol. The Kier molecular flexibility index (Phi) is 2.82. The van der Waals surface area contributed by atoms with Crippen molar-refractivity contribution in [2.75, 3.05) is 14.2 Å². The molecule has 0 atom stereocenters. The molecule has 0 spiro atoms. The third kappa shape index (κ3) is 1.64. The van der Waals surface area contributed by atoms with Crippen LogP contribution in [0.5, 0.6) is 0 Å². The Bertz CT molecular complexity index is 259. The smallest absolute Gasteiger partial charge is 0.345 e. The Labute approximate surface area is 73.2 Å². The number of ketones is 1. The molecule has 0 aromatic heterocycles. The molecule has 65 valence electrons. The van der Waals surface area contributed by atoms with Gasteiger partial charge in [0.25, 0.3) is 7.11 Å². The van der Waals surface area contributed by atoms with Crippen molar-refractivity contribution in [3.05, 3.63) is 29.4 Å². The van der Waals surface area contributed by atoms with E-state index < -0.39 is 0 Å². The minimum Gasteiger partial charge on any atom is -0.366 e. The van der Waals surface area contributed by atoms with Crippen LogP contribution in [0.4, 0.5) is 0 Å². The SMILES string of the molecule is CO[C]1C=C(C)C(=[O+]C)C=C1C. The van der Waals surface area contributed by atoms with Crippen molar-refractivity contribution < 1.29 is 9.16 Å². The molecule has 1 rings (SSSR count). The first-order chi connectivity index (χ1) is 5.69. The molecule has 0 amide bonds. The van der Waals surface area contributed by atoms with Crippen LogP contribution in [0.2, 0.25) is 0 Å². The highest BCUT2D eigenvalue weighted by atomic mass is 16.5. The lowest BCUT2D eigenvalue weighted by Crippen LogP contribution is -2.11. The van der Waals surface area contributed by atoms with Crippen LogP contribution in [0, 0.1) is 6.10 Å². The van der Waals surface area contributed by atoms with Gasteiger partial charge in [-0.05, 0) is 25.5 Å². The molecule has 0 saturated carbocycles. The zero-order valence-electron chi connectivity index (χ0n) is 7.97. The van der Waals surface area contributed by atoms with Crippen LogP contribution < -0.4 is 0 Å². The fraction of sp³-hybridized carbons (Fsp3) is 0.400. The molecular weight excluding hydrogens is 152 g/mol. The second-order valence-corrected chi connectivity index (χ2v) is 2.79. The van der Waals surface area contributed by atoms with Crippen molar-refractivity contribution in [3.63, 3.8) is 0 Å². The van der Waals surface area contributed by atoms with Crippen LogP contribution >= 0.6 is 0 Å². The van der Waals surface area contributed by atoms with Gasteiger partial charge in [-0.15, -0.1) is 0 Å². The van der Waals surface area contributed by atoms with Crippen LogP contribution in [0.1, 0.15) is 13.8 Å². The van der Waals surface area contributed by atoms with Gasteiger partial charge in [-0.25, -0.2) is 0 Å². The number of ether oxygens (including phenoxy) is 1. The van der Waals surface area contributed by atoms with Gasteiger partial charge >= 0.3 is 5.78 Å². The maximum absolute atomic E-state index is 5.17. The molecule has 0 saturated heterocycles. The van der Waals surface area contributed by atoms with Crippen molar-refractivity contribution in [3.8, 4) is 0 Å². The number of allylic oxidation sites excluding steroid dienone is 2. The first-order valence-corrected chi connectivity index (χ1v) is 3.88. The Morgan fingerprint density at radius 1 is 1.17 bits per heavy atom. The Morgan fingerprint density at radius 2 is 1.83 bits per heavy atom. The predicted octanol–water partition coefficient (Wildman–Crippen LogP) is 1.81. The highest BCUT2D eigenvalue weighted by Gasteiger charge is 2.22.